The fourth-order valence-corrected chi connectivity index (χ4v) is 7.63. The lowest BCUT2D eigenvalue weighted by Gasteiger charge is -2.49. The van der Waals surface area contributed by atoms with E-state index in [0.717, 1.165) is 11.5 Å². The summed E-state index contributed by atoms with van der Waals surface area (Å²) < 4.78 is 141. The Bertz CT molecular complexity index is 1330. The van der Waals surface area contributed by atoms with Gasteiger partial charge in [-0.2, -0.15) is 26.3 Å². The maximum Gasteiger partial charge on any atom is 0.438 e. The summed E-state index contributed by atoms with van der Waals surface area (Å²) in [4.78, 5) is 0. The van der Waals surface area contributed by atoms with Gasteiger partial charge in [0.1, 0.15) is 6.17 Å². The van der Waals surface area contributed by atoms with Crippen LogP contribution < -0.4 is 0 Å². The summed E-state index contributed by atoms with van der Waals surface area (Å²) in [6.07, 6.45) is -9.45. The molecule has 3 nitrogen and oxygen atoms in total. The van der Waals surface area contributed by atoms with Crippen molar-refractivity contribution >= 4 is 0 Å². The number of fused-ring (bicyclic) bond motifs is 1. The van der Waals surface area contributed by atoms with Crippen molar-refractivity contribution in [2.75, 3.05) is 0 Å². The fourth-order valence-electron chi connectivity index (χ4n) is 7.63. The largest absolute Gasteiger partial charge is 0.438 e. The highest BCUT2D eigenvalue weighted by Gasteiger charge is 2.70. The fraction of sp³-hybridized carbons (Fsp3) is 0.758. The van der Waals surface area contributed by atoms with Crippen molar-refractivity contribution in [1.82, 2.24) is 0 Å². The third kappa shape index (κ3) is 7.70. The normalized spacial score (nSPS) is 35.0. The standard InChI is InChI=1S/C33H45F7O3/c1-21-23(19-24(41)20-26(21)34)11-10-22-9-6-17-30(5)25(22)12-13-27(30)29(4,15-7-14-28(2,3)42)16-8-18-31(43,32(35,36)37)33(38,39)40/h10-11,24-27,41-43H,1,6-7,9,12-17,19-20H2,2-5H3/t24-,25?,26+,27-,29-,30+/m1/s1/i2D3,3D3. The molecule has 3 fully saturated rings. The number of hydrogen-bond acceptors (Lipinski definition) is 3. The quantitative estimate of drug-likeness (QED) is 0.196. The summed E-state index contributed by atoms with van der Waals surface area (Å²) in [6.45, 7) is 0.717. The first-order chi connectivity index (χ1) is 22.0. The molecule has 0 aromatic heterocycles. The zero-order valence-corrected chi connectivity index (χ0v) is 24.4. The van der Waals surface area contributed by atoms with E-state index >= 15 is 0 Å². The van der Waals surface area contributed by atoms with Gasteiger partial charge in [0.15, 0.2) is 0 Å². The number of halogens is 7. The third-order valence-corrected chi connectivity index (χ3v) is 9.90. The van der Waals surface area contributed by atoms with E-state index in [1.54, 1.807) is 13.0 Å². The van der Waals surface area contributed by atoms with Crippen molar-refractivity contribution in [3.8, 4) is 11.8 Å². The van der Waals surface area contributed by atoms with Crippen LogP contribution in [0.2, 0.25) is 0 Å². The summed E-state index contributed by atoms with van der Waals surface area (Å²) in [7, 11) is 0. The zero-order valence-electron chi connectivity index (χ0n) is 30.4. The van der Waals surface area contributed by atoms with Gasteiger partial charge in [-0.1, -0.05) is 50.5 Å². The first-order valence-corrected chi connectivity index (χ1v) is 14.5. The molecule has 0 aliphatic heterocycles. The molecular weight excluding hydrogens is 577 g/mol. The van der Waals surface area contributed by atoms with Crippen LogP contribution in [-0.2, 0) is 0 Å². The minimum Gasteiger partial charge on any atom is -0.393 e. The molecule has 3 aliphatic rings. The van der Waals surface area contributed by atoms with E-state index in [1.807, 2.05) is 18.9 Å². The van der Waals surface area contributed by atoms with E-state index in [4.69, 9.17) is 8.22 Å². The van der Waals surface area contributed by atoms with Crippen LogP contribution in [-0.4, -0.2) is 51.1 Å². The molecular formula is C33H45F7O3. The van der Waals surface area contributed by atoms with Crippen molar-refractivity contribution < 1.29 is 54.3 Å². The van der Waals surface area contributed by atoms with Crippen molar-refractivity contribution in [1.29, 1.82) is 0 Å². The van der Waals surface area contributed by atoms with Gasteiger partial charge in [0.05, 0.1) is 11.7 Å². The lowest BCUT2D eigenvalue weighted by atomic mass is 9.55. The highest BCUT2D eigenvalue weighted by Crippen LogP contribution is 2.63. The maximum atomic E-state index is 14.4. The Hall–Kier alpha value is -1.83. The van der Waals surface area contributed by atoms with Crippen LogP contribution in [0.5, 0.6) is 0 Å². The Kier molecular flexibility index (Phi) is 8.00. The van der Waals surface area contributed by atoms with Crippen LogP contribution in [0.1, 0.15) is 106 Å². The number of rotatable bonds is 7. The molecule has 10 heteroatoms. The topological polar surface area (TPSA) is 60.7 Å². The van der Waals surface area contributed by atoms with Crippen molar-refractivity contribution in [3.05, 3.63) is 35.5 Å². The van der Waals surface area contributed by atoms with E-state index < -0.39 is 79.1 Å². The molecule has 43 heavy (non-hydrogen) atoms. The molecule has 3 N–H and O–H groups in total. The number of allylic oxidation sites excluding steroid dienone is 4. The number of alkyl halides is 7. The molecule has 3 rings (SSSR count). The predicted molar refractivity (Wildman–Crippen MR) is 151 cm³/mol. The number of aliphatic hydroxyl groups excluding tert-OH is 1. The van der Waals surface area contributed by atoms with E-state index in [-0.39, 0.29) is 37.2 Å². The molecule has 6 atom stereocenters. The van der Waals surface area contributed by atoms with Gasteiger partial charge < -0.3 is 15.3 Å². The van der Waals surface area contributed by atoms with Crippen LogP contribution in [0.3, 0.4) is 0 Å². The molecule has 0 amide bonds. The van der Waals surface area contributed by atoms with Crippen LogP contribution in [0, 0.1) is 34.5 Å². The Balaban J connectivity index is 2.03. The highest BCUT2D eigenvalue weighted by molar-refractivity contribution is 5.39. The number of hydrogen-bond donors (Lipinski definition) is 3. The van der Waals surface area contributed by atoms with Crippen molar-refractivity contribution in [2.45, 2.75) is 134 Å². The first kappa shape index (κ1) is 27.5. The highest BCUT2D eigenvalue weighted by atomic mass is 19.4. The van der Waals surface area contributed by atoms with Gasteiger partial charge in [-0.15, -0.1) is 0 Å². The van der Waals surface area contributed by atoms with Gasteiger partial charge in [0.2, 0.25) is 0 Å². The maximum absolute atomic E-state index is 14.4. The average molecular weight is 629 g/mol. The zero-order chi connectivity index (χ0) is 37.6. The number of aliphatic hydroxyl groups is 3. The monoisotopic (exact) mass is 628 g/mol. The molecule has 244 valence electrons. The van der Waals surface area contributed by atoms with Crippen LogP contribution in [0.15, 0.2) is 35.5 Å². The molecule has 0 aromatic carbocycles. The van der Waals surface area contributed by atoms with Crippen LogP contribution in [0.25, 0.3) is 0 Å². The van der Waals surface area contributed by atoms with Gasteiger partial charge in [0.25, 0.3) is 0 Å². The Morgan fingerprint density at radius 1 is 1.07 bits per heavy atom. The summed E-state index contributed by atoms with van der Waals surface area (Å²) in [5, 5.41) is 30.5. The molecule has 3 aliphatic carbocycles. The second kappa shape index (κ2) is 12.5. The second-order valence-corrected chi connectivity index (χ2v) is 13.1. The molecule has 0 bridgehead atoms. The molecule has 0 aromatic rings. The van der Waals surface area contributed by atoms with Gasteiger partial charge in [-0.3, -0.25) is 0 Å². The second-order valence-electron chi connectivity index (χ2n) is 13.1. The Morgan fingerprint density at radius 2 is 1.72 bits per heavy atom. The SMILES string of the molecule is [2H]C([2H])([2H])C(O)(CCC[C@](C)(CC#CC(O)(C(F)(F)F)C(F)(F)F)[C@H]1CCC2C(=CC=C3C[C@@H](O)C[C@H](F)C3=C)CCC[C@@]21C)C([2H])([2H])[2H]. The molecule has 0 saturated heterocycles. The minimum absolute atomic E-state index is 0.0456. The van der Waals surface area contributed by atoms with E-state index in [1.165, 1.54) is 0 Å². The molecule has 1 unspecified atom stereocenters. The van der Waals surface area contributed by atoms with Crippen molar-refractivity contribution in [2.24, 2.45) is 22.7 Å². The van der Waals surface area contributed by atoms with Gasteiger partial charge in [0, 0.05) is 21.1 Å². The van der Waals surface area contributed by atoms with Gasteiger partial charge in [-0.25, -0.2) is 4.39 Å². The minimum atomic E-state index is -6.16. The summed E-state index contributed by atoms with van der Waals surface area (Å²) in [6, 6.07) is 0. The molecule has 3 saturated carbocycles. The van der Waals surface area contributed by atoms with Crippen molar-refractivity contribution in [3.63, 3.8) is 0 Å². The molecule has 0 heterocycles. The van der Waals surface area contributed by atoms with E-state index in [0.29, 0.717) is 37.7 Å². The van der Waals surface area contributed by atoms with E-state index in [9.17, 15) is 46.1 Å². The molecule has 0 radical (unpaired) electrons. The van der Waals surface area contributed by atoms with Crippen LogP contribution >= 0.6 is 0 Å². The predicted octanol–water partition coefficient (Wildman–Crippen LogP) is 8.30. The summed E-state index contributed by atoms with van der Waals surface area (Å²) in [5.74, 6) is 2.47. The lowest BCUT2D eigenvalue weighted by Crippen LogP contribution is -2.55. The third-order valence-electron chi connectivity index (χ3n) is 9.90. The van der Waals surface area contributed by atoms with Gasteiger partial charge in [-0.05, 0) is 105 Å². The van der Waals surface area contributed by atoms with Crippen LogP contribution in [0.4, 0.5) is 30.7 Å². The van der Waals surface area contributed by atoms with Gasteiger partial charge >= 0.3 is 18.0 Å². The Morgan fingerprint density at radius 3 is 2.33 bits per heavy atom. The Labute approximate surface area is 258 Å². The first-order valence-electron chi connectivity index (χ1n) is 17.5. The van der Waals surface area contributed by atoms with E-state index in [2.05, 4.69) is 6.58 Å². The average Bonchev–Trinajstić information content (AvgIpc) is 3.29. The lowest BCUT2D eigenvalue weighted by molar-refractivity contribution is -0.343. The molecule has 0 spiro atoms. The summed E-state index contributed by atoms with van der Waals surface area (Å²) >= 11 is 0. The smallest absolute Gasteiger partial charge is 0.393 e. The summed E-state index contributed by atoms with van der Waals surface area (Å²) in [5.41, 5.74) is -8.34.